The Hall–Kier alpha value is -1.74. The summed E-state index contributed by atoms with van der Waals surface area (Å²) < 4.78 is 10.5. The molecule has 84 valence electrons. The molecule has 0 saturated carbocycles. The van der Waals surface area contributed by atoms with Gasteiger partial charge in [0, 0.05) is 0 Å². The maximum absolute atomic E-state index is 9.71. The number of furan rings is 1. The average Bonchev–Trinajstić information content (AvgIpc) is 2.81. The number of benzene rings is 1. The van der Waals surface area contributed by atoms with Crippen molar-refractivity contribution in [1.82, 2.24) is 0 Å². The second-order valence-corrected chi connectivity index (χ2v) is 3.66. The van der Waals surface area contributed by atoms with Crippen molar-refractivity contribution in [3.05, 3.63) is 54.0 Å². The van der Waals surface area contributed by atoms with Crippen LogP contribution < -0.4 is 4.74 Å². The molecular formula is C13H14O3. The first-order valence-electron chi connectivity index (χ1n) is 5.16. The molecule has 1 N–H and O–H groups in total. The zero-order valence-electron chi connectivity index (χ0n) is 9.09. The highest BCUT2D eigenvalue weighted by molar-refractivity contribution is 5.26. The summed E-state index contributed by atoms with van der Waals surface area (Å²) in [6, 6.07) is 11.2. The summed E-state index contributed by atoms with van der Waals surface area (Å²) in [4.78, 5) is 0. The van der Waals surface area contributed by atoms with Gasteiger partial charge in [-0.15, -0.1) is 0 Å². The van der Waals surface area contributed by atoms with Gasteiger partial charge in [0.25, 0.3) is 0 Å². The van der Waals surface area contributed by atoms with Crippen molar-refractivity contribution in [2.45, 2.75) is 13.0 Å². The van der Waals surface area contributed by atoms with Crippen LogP contribution in [0, 0.1) is 6.92 Å². The molecule has 3 nitrogen and oxygen atoms in total. The Morgan fingerprint density at radius 1 is 1.25 bits per heavy atom. The fraction of sp³-hybridized carbons (Fsp3) is 0.231. The molecule has 1 atom stereocenters. The van der Waals surface area contributed by atoms with Crippen LogP contribution in [0.1, 0.15) is 17.4 Å². The number of aryl methyl sites for hydroxylation is 1. The lowest BCUT2D eigenvalue weighted by molar-refractivity contribution is 0.0888. The third-order valence-corrected chi connectivity index (χ3v) is 2.30. The first-order chi connectivity index (χ1) is 7.75. The molecule has 2 rings (SSSR count). The van der Waals surface area contributed by atoms with Gasteiger partial charge in [0.15, 0.2) is 0 Å². The summed E-state index contributed by atoms with van der Waals surface area (Å²) in [6.07, 6.45) is 0.807. The molecule has 0 aliphatic rings. The lowest BCUT2D eigenvalue weighted by Gasteiger charge is -2.10. The fourth-order valence-electron chi connectivity index (χ4n) is 1.37. The number of hydrogen-bond acceptors (Lipinski definition) is 3. The Morgan fingerprint density at radius 2 is 2.00 bits per heavy atom. The van der Waals surface area contributed by atoms with Gasteiger partial charge >= 0.3 is 0 Å². The minimum atomic E-state index is -0.726. The number of aliphatic hydroxyl groups excluding tert-OH is 1. The van der Waals surface area contributed by atoms with Crippen LogP contribution in [-0.2, 0) is 0 Å². The molecule has 0 aliphatic carbocycles. The Morgan fingerprint density at radius 3 is 2.62 bits per heavy atom. The molecule has 0 spiro atoms. The first kappa shape index (κ1) is 10.8. The molecule has 0 amide bonds. The molecule has 0 bridgehead atoms. The van der Waals surface area contributed by atoms with E-state index in [1.54, 1.807) is 12.1 Å². The molecule has 0 fully saturated rings. The van der Waals surface area contributed by atoms with Crippen molar-refractivity contribution in [3.63, 3.8) is 0 Å². The lowest BCUT2D eigenvalue weighted by atomic mass is 10.2. The van der Waals surface area contributed by atoms with Crippen molar-refractivity contribution in [1.29, 1.82) is 0 Å². The van der Waals surface area contributed by atoms with Crippen LogP contribution in [0.3, 0.4) is 0 Å². The first-order valence-corrected chi connectivity index (χ1v) is 5.16. The van der Waals surface area contributed by atoms with Gasteiger partial charge in [0.05, 0.1) is 6.26 Å². The van der Waals surface area contributed by atoms with E-state index in [2.05, 4.69) is 0 Å². The van der Waals surface area contributed by atoms with Crippen LogP contribution in [0.2, 0.25) is 0 Å². The van der Waals surface area contributed by atoms with Gasteiger partial charge in [-0.1, -0.05) is 17.7 Å². The highest BCUT2D eigenvalue weighted by Gasteiger charge is 2.10. The molecule has 1 aromatic carbocycles. The van der Waals surface area contributed by atoms with Gasteiger partial charge < -0.3 is 14.3 Å². The zero-order valence-corrected chi connectivity index (χ0v) is 9.09. The van der Waals surface area contributed by atoms with Crippen molar-refractivity contribution in [2.24, 2.45) is 0 Å². The second-order valence-electron chi connectivity index (χ2n) is 3.66. The van der Waals surface area contributed by atoms with Gasteiger partial charge in [0.1, 0.15) is 24.2 Å². The maximum atomic E-state index is 9.71. The van der Waals surface area contributed by atoms with E-state index in [1.165, 1.54) is 11.8 Å². The van der Waals surface area contributed by atoms with Crippen molar-refractivity contribution in [3.8, 4) is 5.75 Å². The molecule has 0 aliphatic heterocycles. The Bertz CT molecular complexity index is 417. The van der Waals surface area contributed by atoms with Crippen LogP contribution >= 0.6 is 0 Å². The molecule has 16 heavy (non-hydrogen) atoms. The van der Waals surface area contributed by atoms with E-state index >= 15 is 0 Å². The highest BCUT2D eigenvalue weighted by Crippen LogP contribution is 2.16. The standard InChI is InChI=1S/C13H14O3/c1-10-4-6-11(7-5-10)16-9-12(14)13-3-2-8-15-13/h2-8,12,14H,9H2,1H3. The monoisotopic (exact) mass is 218 g/mol. The van der Waals surface area contributed by atoms with E-state index < -0.39 is 6.10 Å². The van der Waals surface area contributed by atoms with E-state index in [1.807, 2.05) is 31.2 Å². The minimum Gasteiger partial charge on any atom is -0.490 e. The van der Waals surface area contributed by atoms with Gasteiger partial charge in [-0.2, -0.15) is 0 Å². The summed E-state index contributed by atoms with van der Waals surface area (Å²) in [5.41, 5.74) is 1.18. The van der Waals surface area contributed by atoms with Gasteiger partial charge in [-0.05, 0) is 31.2 Å². The van der Waals surface area contributed by atoms with Gasteiger partial charge in [0.2, 0.25) is 0 Å². The highest BCUT2D eigenvalue weighted by atomic mass is 16.5. The summed E-state index contributed by atoms with van der Waals surface area (Å²) in [7, 11) is 0. The Labute approximate surface area is 94.3 Å². The summed E-state index contributed by atoms with van der Waals surface area (Å²) in [6.45, 7) is 2.21. The van der Waals surface area contributed by atoms with E-state index in [-0.39, 0.29) is 6.61 Å². The third-order valence-electron chi connectivity index (χ3n) is 2.30. The molecule has 1 heterocycles. The van der Waals surface area contributed by atoms with Crippen LogP contribution in [0.15, 0.2) is 47.1 Å². The summed E-state index contributed by atoms with van der Waals surface area (Å²) in [5.74, 6) is 1.27. The van der Waals surface area contributed by atoms with E-state index in [4.69, 9.17) is 9.15 Å². The number of ether oxygens (including phenoxy) is 1. The van der Waals surface area contributed by atoms with Crippen LogP contribution in [-0.4, -0.2) is 11.7 Å². The van der Waals surface area contributed by atoms with Crippen LogP contribution in [0.4, 0.5) is 0 Å². The number of rotatable bonds is 4. The molecule has 0 saturated heterocycles. The van der Waals surface area contributed by atoms with Crippen molar-refractivity contribution < 1.29 is 14.3 Å². The molecule has 2 aromatic rings. The SMILES string of the molecule is Cc1ccc(OCC(O)c2ccco2)cc1. The fourth-order valence-corrected chi connectivity index (χ4v) is 1.37. The largest absolute Gasteiger partial charge is 0.490 e. The smallest absolute Gasteiger partial charge is 0.145 e. The Balaban J connectivity index is 1.90. The normalized spacial score (nSPS) is 12.4. The van der Waals surface area contributed by atoms with E-state index in [9.17, 15) is 5.11 Å². The molecule has 3 heteroatoms. The summed E-state index contributed by atoms with van der Waals surface area (Å²) >= 11 is 0. The van der Waals surface area contributed by atoms with Crippen molar-refractivity contribution in [2.75, 3.05) is 6.61 Å². The number of hydrogen-bond donors (Lipinski definition) is 1. The molecule has 0 radical (unpaired) electrons. The minimum absolute atomic E-state index is 0.191. The lowest BCUT2D eigenvalue weighted by Crippen LogP contribution is -2.08. The predicted octanol–water partition coefficient (Wildman–Crippen LogP) is 2.70. The molecular weight excluding hydrogens is 204 g/mol. The maximum Gasteiger partial charge on any atom is 0.145 e. The van der Waals surface area contributed by atoms with Crippen LogP contribution in [0.5, 0.6) is 5.75 Å². The molecule has 1 aromatic heterocycles. The summed E-state index contributed by atoms with van der Waals surface area (Å²) in [5, 5.41) is 9.71. The Kier molecular flexibility index (Phi) is 3.27. The third kappa shape index (κ3) is 2.64. The topological polar surface area (TPSA) is 42.6 Å². The van der Waals surface area contributed by atoms with Crippen LogP contribution in [0.25, 0.3) is 0 Å². The number of aliphatic hydroxyl groups is 1. The van der Waals surface area contributed by atoms with Gasteiger partial charge in [-0.25, -0.2) is 0 Å². The molecule has 1 unspecified atom stereocenters. The quantitative estimate of drug-likeness (QED) is 0.857. The van der Waals surface area contributed by atoms with Gasteiger partial charge in [-0.3, -0.25) is 0 Å². The second kappa shape index (κ2) is 4.86. The van der Waals surface area contributed by atoms with Crippen molar-refractivity contribution >= 4 is 0 Å². The zero-order chi connectivity index (χ0) is 11.4. The average molecular weight is 218 g/mol. The van der Waals surface area contributed by atoms with E-state index in [0.717, 1.165) is 5.75 Å². The van der Waals surface area contributed by atoms with E-state index in [0.29, 0.717) is 5.76 Å². The predicted molar refractivity (Wildman–Crippen MR) is 60.3 cm³/mol.